The molecule has 4 nitrogen and oxygen atoms in total. The van der Waals surface area contributed by atoms with Crippen molar-refractivity contribution in [3.63, 3.8) is 0 Å². The zero-order chi connectivity index (χ0) is 15.5. The fourth-order valence-electron chi connectivity index (χ4n) is 2.65. The lowest BCUT2D eigenvalue weighted by molar-refractivity contribution is -0.161. The summed E-state index contributed by atoms with van der Waals surface area (Å²) in [6.07, 6.45) is 1.62. The molecule has 1 amide bonds. The highest BCUT2D eigenvalue weighted by atomic mass is 19.1. The molecule has 0 spiro atoms. The fourth-order valence-corrected chi connectivity index (χ4v) is 2.65. The predicted molar refractivity (Wildman–Crippen MR) is 77.2 cm³/mol. The molecule has 116 valence electrons. The first-order valence-electron chi connectivity index (χ1n) is 7.22. The van der Waals surface area contributed by atoms with Crippen molar-refractivity contribution in [2.24, 2.45) is 5.92 Å². The van der Waals surface area contributed by atoms with Crippen molar-refractivity contribution in [3.8, 4) is 0 Å². The summed E-state index contributed by atoms with van der Waals surface area (Å²) in [5.41, 5.74) is -0.393. The quantitative estimate of drug-likeness (QED) is 0.816. The summed E-state index contributed by atoms with van der Waals surface area (Å²) in [5.74, 6) is -0.350. The topological polar surface area (TPSA) is 49.8 Å². The Balaban J connectivity index is 1.87. The molecule has 0 aromatic heterocycles. The normalized spacial score (nSPS) is 18.2. The predicted octanol–water partition coefficient (Wildman–Crippen LogP) is 1.92. The highest BCUT2D eigenvalue weighted by Gasteiger charge is 2.45. The molecule has 1 unspecified atom stereocenters. The first-order chi connectivity index (χ1) is 9.96. The third-order valence-corrected chi connectivity index (χ3v) is 4.01. The molecule has 1 fully saturated rings. The van der Waals surface area contributed by atoms with E-state index in [1.54, 1.807) is 24.1 Å². The van der Waals surface area contributed by atoms with Gasteiger partial charge in [0.2, 0.25) is 5.91 Å². The number of aliphatic hydroxyl groups is 1. The van der Waals surface area contributed by atoms with Crippen LogP contribution < -0.4 is 0 Å². The van der Waals surface area contributed by atoms with Crippen LogP contribution >= 0.6 is 0 Å². The molecule has 1 aliphatic heterocycles. The van der Waals surface area contributed by atoms with Gasteiger partial charge in [-0.3, -0.25) is 4.79 Å². The van der Waals surface area contributed by atoms with Gasteiger partial charge in [-0.15, -0.1) is 0 Å². The van der Waals surface area contributed by atoms with Crippen LogP contribution in [0.1, 0.15) is 25.3 Å². The molecule has 0 saturated carbocycles. The van der Waals surface area contributed by atoms with E-state index in [0.717, 1.165) is 12.8 Å². The number of carbonyl (C=O) groups is 1. The minimum Gasteiger partial charge on any atom is -0.385 e. The molecular formula is C16H22FNO3. The zero-order valence-electron chi connectivity index (χ0n) is 12.5. The Bertz CT molecular complexity index is 483. The molecule has 0 aliphatic carbocycles. The van der Waals surface area contributed by atoms with Gasteiger partial charge in [-0.05, 0) is 30.5 Å². The Labute approximate surface area is 124 Å². The van der Waals surface area contributed by atoms with E-state index in [4.69, 9.17) is 4.74 Å². The van der Waals surface area contributed by atoms with E-state index in [0.29, 0.717) is 12.2 Å². The summed E-state index contributed by atoms with van der Waals surface area (Å²) in [5, 5.41) is 10.5. The van der Waals surface area contributed by atoms with Crippen LogP contribution in [0.5, 0.6) is 0 Å². The van der Waals surface area contributed by atoms with Crippen molar-refractivity contribution in [2.45, 2.75) is 25.4 Å². The number of ether oxygens (including phenoxy) is 1. The summed E-state index contributed by atoms with van der Waals surface area (Å²) in [6.45, 7) is 3.09. The Kier molecular flexibility index (Phi) is 4.96. The second-order valence-electron chi connectivity index (χ2n) is 5.77. The average Bonchev–Trinajstić information content (AvgIpc) is 2.44. The first-order valence-corrected chi connectivity index (χ1v) is 7.22. The van der Waals surface area contributed by atoms with E-state index in [1.807, 2.05) is 6.92 Å². The first kappa shape index (κ1) is 15.9. The molecule has 1 aliphatic rings. The molecule has 1 aromatic carbocycles. The van der Waals surface area contributed by atoms with E-state index < -0.39 is 5.60 Å². The molecule has 2 rings (SSSR count). The number of rotatable bonds is 6. The molecule has 1 N–H and O–H groups in total. The summed E-state index contributed by atoms with van der Waals surface area (Å²) < 4.78 is 17.9. The molecule has 1 atom stereocenters. The number of nitrogens with zero attached hydrogens (tertiary/aromatic N) is 1. The maximum Gasteiger partial charge on any atom is 0.225 e. The molecule has 1 saturated heterocycles. The van der Waals surface area contributed by atoms with Crippen molar-refractivity contribution in [2.75, 3.05) is 26.8 Å². The number of hydrogen-bond acceptors (Lipinski definition) is 3. The van der Waals surface area contributed by atoms with E-state index in [1.165, 1.54) is 12.1 Å². The monoisotopic (exact) mass is 295 g/mol. The van der Waals surface area contributed by atoms with Crippen LogP contribution in [0.3, 0.4) is 0 Å². The van der Waals surface area contributed by atoms with Crippen LogP contribution in [0, 0.1) is 11.7 Å². The fraction of sp³-hybridized carbons (Fsp3) is 0.562. The number of β-amino-alcohol motifs (C(OH)–C–C–N with tert-alkyl or cyclic N) is 1. The van der Waals surface area contributed by atoms with Crippen molar-refractivity contribution >= 4 is 5.91 Å². The highest BCUT2D eigenvalue weighted by Crippen LogP contribution is 2.33. The van der Waals surface area contributed by atoms with Crippen LogP contribution in [0.25, 0.3) is 0 Å². The number of amides is 1. The summed E-state index contributed by atoms with van der Waals surface area (Å²) >= 11 is 0. The number of hydrogen-bond donors (Lipinski definition) is 1. The van der Waals surface area contributed by atoms with E-state index >= 15 is 0 Å². The molecular weight excluding hydrogens is 273 g/mol. The maximum absolute atomic E-state index is 12.9. The second kappa shape index (κ2) is 6.54. The molecule has 1 heterocycles. The lowest BCUT2D eigenvalue weighted by Gasteiger charge is -2.47. The number of carbonyl (C=O) groups excluding carboxylic acids is 1. The minimum absolute atomic E-state index is 0.0536. The van der Waals surface area contributed by atoms with Gasteiger partial charge in [0.05, 0.1) is 13.1 Å². The smallest absolute Gasteiger partial charge is 0.225 e. The Morgan fingerprint density at radius 2 is 2.05 bits per heavy atom. The Hall–Kier alpha value is -1.46. The van der Waals surface area contributed by atoms with Crippen molar-refractivity contribution in [1.29, 1.82) is 0 Å². The molecule has 1 aromatic rings. The van der Waals surface area contributed by atoms with Gasteiger partial charge in [-0.1, -0.05) is 19.1 Å². The van der Waals surface area contributed by atoms with Crippen LogP contribution in [0.4, 0.5) is 4.39 Å². The maximum atomic E-state index is 12.9. The van der Waals surface area contributed by atoms with Gasteiger partial charge in [0, 0.05) is 19.6 Å². The minimum atomic E-state index is -1.05. The summed E-state index contributed by atoms with van der Waals surface area (Å²) in [7, 11) is 1.64. The van der Waals surface area contributed by atoms with Gasteiger partial charge >= 0.3 is 0 Å². The van der Waals surface area contributed by atoms with Crippen molar-refractivity contribution in [3.05, 3.63) is 35.6 Å². The SMILES string of the molecule is COCCCC(C)C(=O)N1CC(O)(c2ccc(F)cc2)C1. The van der Waals surface area contributed by atoms with Gasteiger partial charge in [0.15, 0.2) is 0 Å². The third kappa shape index (κ3) is 3.60. The molecule has 0 bridgehead atoms. The number of benzene rings is 1. The molecule has 21 heavy (non-hydrogen) atoms. The van der Waals surface area contributed by atoms with Gasteiger partial charge in [0.25, 0.3) is 0 Å². The standard InChI is InChI=1S/C16H22FNO3/c1-12(4-3-9-21-2)15(19)18-10-16(20,11-18)13-5-7-14(17)8-6-13/h5-8,12,20H,3-4,9-11H2,1-2H3. The number of halogens is 1. The Morgan fingerprint density at radius 1 is 1.43 bits per heavy atom. The van der Waals surface area contributed by atoms with Crippen LogP contribution in [0.2, 0.25) is 0 Å². The van der Waals surface area contributed by atoms with Crippen LogP contribution in [0.15, 0.2) is 24.3 Å². The Morgan fingerprint density at radius 3 is 2.62 bits per heavy atom. The van der Waals surface area contributed by atoms with E-state index in [2.05, 4.69) is 0 Å². The summed E-state index contributed by atoms with van der Waals surface area (Å²) in [4.78, 5) is 13.9. The van der Waals surface area contributed by atoms with E-state index in [9.17, 15) is 14.3 Å². The van der Waals surface area contributed by atoms with Gasteiger partial charge in [-0.2, -0.15) is 0 Å². The third-order valence-electron chi connectivity index (χ3n) is 4.01. The average molecular weight is 295 g/mol. The number of likely N-dealkylation sites (tertiary alicyclic amines) is 1. The second-order valence-corrected chi connectivity index (χ2v) is 5.77. The largest absolute Gasteiger partial charge is 0.385 e. The van der Waals surface area contributed by atoms with E-state index in [-0.39, 0.29) is 30.7 Å². The van der Waals surface area contributed by atoms with Crippen molar-refractivity contribution < 1.29 is 19.0 Å². The lowest BCUT2D eigenvalue weighted by atomic mass is 9.85. The summed E-state index contributed by atoms with van der Waals surface area (Å²) in [6, 6.07) is 5.79. The van der Waals surface area contributed by atoms with Gasteiger partial charge in [0.1, 0.15) is 11.4 Å². The van der Waals surface area contributed by atoms with Crippen LogP contribution in [-0.4, -0.2) is 42.7 Å². The van der Waals surface area contributed by atoms with Gasteiger partial charge < -0.3 is 14.7 Å². The van der Waals surface area contributed by atoms with Crippen LogP contribution in [-0.2, 0) is 15.1 Å². The van der Waals surface area contributed by atoms with Crippen molar-refractivity contribution in [1.82, 2.24) is 4.90 Å². The molecule has 0 radical (unpaired) electrons. The zero-order valence-corrected chi connectivity index (χ0v) is 12.5. The molecule has 5 heteroatoms. The number of methoxy groups -OCH3 is 1. The lowest BCUT2D eigenvalue weighted by Crippen LogP contribution is -2.62. The van der Waals surface area contributed by atoms with Gasteiger partial charge in [-0.25, -0.2) is 4.39 Å². The highest BCUT2D eigenvalue weighted by molar-refractivity contribution is 5.79.